The molecule has 0 aliphatic carbocycles. The van der Waals surface area contributed by atoms with Crippen LogP contribution >= 0.6 is 0 Å². The lowest BCUT2D eigenvalue weighted by Gasteiger charge is -2.32. The van der Waals surface area contributed by atoms with E-state index in [0.717, 1.165) is 23.2 Å². The third-order valence-corrected chi connectivity index (χ3v) is 6.68. The quantitative estimate of drug-likeness (QED) is 0.0909. The second kappa shape index (κ2) is 16.4. The second-order valence-corrected chi connectivity index (χ2v) is 11.0. The zero-order valence-corrected chi connectivity index (χ0v) is 23.5. The van der Waals surface area contributed by atoms with Crippen molar-refractivity contribution in [3.05, 3.63) is 65.7 Å². The number of hydrogen-bond donors (Lipinski definition) is 0. The molecule has 2 unspecified atom stereocenters. The highest BCUT2D eigenvalue weighted by molar-refractivity contribution is 5.72. The Morgan fingerprint density at radius 1 is 0.806 bits per heavy atom. The Labute approximate surface area is 220 Å². The van der Waals surface area contributed by atoms with Gasteiger partial charge in [-0.25, -0.2) is 0 Å². The first-order chi connectivity index (χ1) is 17.3. The third-order valence-electron chi connectivity index (χ3n) is 6.68. The van der Waals surface area contributed by atoms with E-state index in [1.807, 2.05) is 25.1 Å². The van der Waals surface area contributed by atoms with Gasteiger partial charge in [0, 0.05) is 12.5 Å². The van der Waals surface area contributed by atoms with Gasteiger partial charge in [-0.1, -0.05) is 101 Å². The summed E-state index contributed by atoms with van der Waals surface area (Å²) in [4.78, 5) is 12.7. The number of hydrogen-bond acceptors (Lipinski definition) is 3. The van der Waals surface area contributed by atoms with Gasteiger partial charge >= 0.3 is 5.97 Å². The average Bonchev–Trinajstić information content (AvgIpc) is 2.83. The summed E-state index contributed by atoms with van der Waals surface area (Å²) in [5, 5.41) is 0. The van der Waals surface area contributed by atoms with Crippen molar-refractivity contribution >= 4 is 5.97 Å². The predicted octanol–water partition coefficient (Wildman–Crippen LogP) is 7.94. The summed E-state index contributed by atoms with van der Waals surface area (Å²) < 4.78 is 12.3. The molecule has 0 aliphatic heterocycles. The van der Waals surface area contributed by atoms with Crippen molar-refractivity contribution in [2.24, 2.45) is 5.92 Å². The third kappa shape index (κ3) is 12.6. The van der Waals surface area contributed by atoms with Gasteiger partial charge in [0.15, 0.2) is 0 Å². The van der Waals surface area contributed by atoms with E-state index in [4.69, 9.17) is 9.47 Å². The standard InChI is InChI=1S/C32H50NO3/c1-6-7-8-9-10-11-12-13-15-19-29-22-18-23-31(24-29)35-28(3)36-32(34)27(2)25-33(4,5)26-30-20-16-14-17-21-30/h14,16-18,20-24,27-28H,6-13,15,19,25-26H2,1-5H3/q+1. The number of esters is 1. The molecule has 0 amide bonds. The summed E-state index contributed by atoms with van der Waals surface area (Å²) in [6.07, 6.45) is 12.5. The fourth-order valence-corrected chi connectivity index (χ4v) is 4.87. The maximum Gasteiger partial charge on any atom is 0.317 e. The molecule has 0 saturated carbocycles. The number of carbonyl (C=O) groups excluding carboxylic acids is 1. The van der Waals surface area contributed by atoms with Gasteiger partial charge in [0.05, 0.1) is 20.6 Å². The first-order valence-corrected chi connectivity index (χ1v) is 14.1. The molecule has 2 rings (SSSR count). The molecule has 2 aromatic carbocycles. The van der Waals surface area contributed by atoms with Crippen molar-refractivity contribution in [1.29, 1.82) is 0 Å². The van der Waals surface area contributed by atoms with Crippen LogP contribution in [-0.2, 0) is 22.5 Å². The smallest absolute Gasteiger partial charge is 0.317 e. The van der Waals surface area contributed by atoms with E-state index in [1.165, 1.54) is 68.9 Å². The Balaban J connectivity index is 1.70. The van der Waals surface area contributed by atoms with Crippen LogP contribution in [0.3, 0.4) is 0 Å². The van der Waals surface area contributed by atoms with Gasteiger partial charge in [0.25, 0.3) is 0 Å². The summed E-state index contributed by atoms with van der Waals surface area (Å²) in [7, 11) is 4.30. The first-order valence-electron chi connectivity index (χ1n) is 14.1. The second-order valence-electron chi connectivity index (χ2n) is 11.0. The first kappa shape index (κ1) is 29.9. The highest BCUT2D eigenvalue weighted by Gasteiger charge is 2.27. The SMILES string of the molecule is CCCCCCCCCCCc1cccc(OC(C)OC(=O)C(C)C[N+](C)(C)Cc2ccccc2)c1. The van der Waals surface area contributed by atoms with E-state index in [9.17, 15) is 4.79 Å². The maximum atomic E-state index is 12.7. The van der Waals surface area contributed by atoms with Gasteiger partial charge in [-0.15, -0.1) is 0 Å². The Morgan fingerprint density at radius 3 is 2.08 bits per heavy atom. The number of nitrogens with zero attached hydrogens (tertiary/aromatic N) is 1. The fourth-order valence-electron chi connectivity index (χ4n) is 4.87. The largest absolute Gasteiger partial charge is 0.455 e. The van der Waals surface area contributed by atoms with Gasteiger partial charge in [-0.05, 0) is 37.5 Å². The van der Waals surface area contributed by atoms with E-state index in [1.54, 1.807) is 6.92 Å². The number of ether oxygens (including phenoxy) is 2. The van der Waals surface area contributed by atoms with Crippen LogP contribution in [0.5, 0.6) is 5.75 Å². The molecule has 36 heavy (non-hydrogen) atoms. The van der Waals surface area contributed by atoms with Crippen molar-refractivity contribution in [3.8, 4) is 5.75 Å². The van der Waals surface area contributed by atoms with Crippen LogP contribution in [0.1, 0.15) is 89.7 Å². The van der Waals surface area contributed by atoms with E-state index in [-0.39, 0.29) is 11.9 Å². The minimum Gasteiger partial charge on any atom is -0.455 e. The molecule has 4 nitrogen and oxygen atoms in total. The van der Waals surface area contributed by atoms with Crippen LogP contribution in [0.15, 0.2) is 54.6 Å². The topological polar surface area (TPSA) is 35.5 Å². The summed E-state index contributed by atoms with van der Waals surface area (Å²) >= 11 is 0. The zero-order valence-electron chi connectivity index (χ0n) is 23.5. The van der Waals surface area contributed by atoms with E-state index in [0.29, 0.717) is 6.54 Å². The molecule has 0 fully saturated rings. The summed E-state index contributed by atoms with van der Waals surface area (Å²) in [6.45, 7) is 7.57. The molecule has 0 aromatic heterocycles. The number of quaternary nitrogens is 1. The van der Waals surface area contributed by atoms with Crippen molar-refractivity contribution in [1.82, 2.24) is 0 Å². The lowest BCUT2D eigenvalue weighted by atomic mass is 10.0. The molecule has 200 valence electrons. The van der Waals surface area contributed by atoms with Crippen LogP contribution in [0.25, 0.3) is 0 Å². The van der Waals surface area contributed by atoms with Crippen LogP contribution in [0, 0.1) is 5.92 Å². The normalized spacial score (nSPS) is 13.2. The molecule has 0 spiro atoms. The van der Waals surface area contributed by atoms with Crippen LogP contribution < -0.4 is 4.74 Å². The van der Waals surface area contributed by atoms with E-state index >= 15 is 0 Å². The molecular weight excluding hydrogens is 446 g/mol. The highest BCUT2D eigenvalue weighted by Crippen LogP contribution is 2.19. The lowest BCUT2D eigenvalue weighted by molar-refractivity contribution is -0.905. The van der Waals surface area contributed by atoms with Gasteiger partial charge in [0.1, 0.15) is 18.2 Å². The van der Waals surface area contributed by atoms with Crippen molar-refractivity contribution in [2.45, 2.75) is 97.8 Å². The monoisotopic (exact) mass is 496 g/mol. The minimum absolute atomic E-state index is 0.215. The summed E-state index contributed by atoms with van der Waals surface area (Å²) in [5.74, 6) is 0.330. The Morgan fingerprint density at radius 2 is 1.42 bits per heavy atom. The maximum absolute atomic E-state index is 12.7. The summed E-state index contributed by atoms with van der Waals surface area (Å²) in [5.41, 5.74) is 2.55. The van der Waals surface area contributed by atoms with Crippen molar-refractivity contribution in [2.75, 3.05) is 20.6 Å². The van der Waals surface area contributed by atoms with Crippen molar-refractivity contribution in [3.63, 3.8) is 0 Å². The number of rotatable bonds is 18. The molecule has 0 radical (unpaired) electrons. The average molecular weight is 497 g/mol. The van der Waals surface area contributed by atoms with Gasteiger partial charge in [-0.2, -0.15) is 0 Å². The van der Waals surface area contributed by atoms with Crippen molar-refractivity contribution < 1.29 is 18.8 Å². The molecule has 0 heterocycles. The van der Waals surface area contributed by atoms with Gasteiger partial charge in [0.2, 0.25) is 6.29 Å². The van der Waals surface area contributed by atoms with Gasteiger partial charge in [-0.3, -0.25) is 4.79 Å². The van der Waals surface area contributed by atoms with Crippen LogP contribution in [0.4, 0.5) is 0 Å². The summed E-state index contributed by atoms with van der Waals surface area (Å²) in [6, 6.07) is 18.6. The van der Waals surface area contributed by atoms with Crippen LogP contribution in [0.2, 0.25) is 0 Å². The fraction of sp³-hybridized carbons (Fsp3) is 0.594. The Bertz CT molecular complexity index is 865. The number of unbranched alkanes of at least 4 members (excludes halogenated alkanes) is 8. The molecule has 2 atom stereocenters. The zero-order chi connectivity index (χ0) is 26.2. The molecule has 0 aliphatic rings. The van der Waals surface area contributed by atoms with Gasteiger partial charge < -0.3 is 14.0 Å². The molecule has 0 saturated heterocycles. The molecule has 2 aromatic rings. The van der Waals surface area contributed by atoms with Crippen LogP contribution in [-0.4, -0.2) is 37.4 Å². The molecule has 0 bridgehead atoms. The minimum atomic E-state index is -0.618. The number of aryl methyl sites for hydroxylation is 1. The predicted molar refractivity (Wildman–Crippen MR) is 150 cm³/mol. The highest BCUT2D eigenvalue weighted by atomic mass is 16.7. The molecule has 4 heteroatoms. The Hall–Kier alpha value is -2.33. The number of benzene rings is 2. The van der Waals surface area contributed by atoms with E-state index in [2.05, 4.69) is 57.4 Å². The van der Waals surface area contributed by atoms with E-state index < -0.39 is 6.29 Å². The Kier molecular flexibility index (Phi) is 13.6. The molecule has 0 N–H and O–H groups in total. The number of carbonyl (C=O) groups is 1. The molecular formula is C32H50NO3+. The lowest BCUT2D eigenvalue weighted by Crippen LogP contribution is -2.44.